The Morgan fingerprint density at radius 2 is 2.10 bits per heavy atom. The Morgan fingerprint density at radius 1 is 1.35 bits per heavy atom. The third-order valence-electron chi connectivity index (χ3n) is 2.68. The first-order valence-electron chi connectivity index (χ1n) is 7.09. The summed E-state index contributed by atoms with van der Waals surface area (Å²) in [6.45, 7) is 6.88. The fourth-order valence-electron chi connectivity index (χ4n) is 1.71. The lowest BCUT2D eigenvalue weighted by molar-refractivity contribution is -0.158. The van der Waals surface area contributed by atoms with E-state index in [0.29, 0.717) is 25.6 Å². The van der Waals surface area contributed by atoms with E-state index in [-0.39, 0.29) is 11.7 Å². The summed E-state index contributed by atoms with van der Waals surface area (Å²) < 4.78 is 10.8. The molecule has 1 unspecified atom stereocenters. The van der Waals surface area contributed by atoms with Crippen LogP contribution in [-0.2, 0) is 20.7 Å². The molecule has 0 spiro atoms. The van der Waals surface area contributed by atoms with Crippen LogP contribution in [0.1, 0.15) is 32.8 Å². The molecule has 1 rings (SSSR count). The molecule has 0 aromatic heterocycles. The number of carbonyl (C=O) groups is 1. The van der Waals surface area contributed by atoms with Gasteiger partial charge in [-0.15, -0.1) is 0 Å². The van der Waals surface area contributed by atoms with E-state index in [9.17, 15) is 9.90 Å². The minimum atomic E-state index is -0.615. The van der Waals surface area contributed by atoms with Crippen LogP contribution in [0, 0.1) is 5.92 Å². The SMILES string of the molecule is CCCOC(Cc1cccc(O)c1)C(=O)OCC(C)C. The maximum absolute atomic E-state index is 12.0. The van der Waals surface area contributed by atoms with E-state index in [1.165, 1.54) is 0 Å². The molecule has 0 radical (unpaired) electrons. The molecule has 0 amide bonds. The van der Waals surface area contributed by atoms with E-state index in [1.807, 2.05) is 26.8 Å². The summed E-state index contributed by atoms with van der Waals surface area (Å²) in [4.78, 5) is 12.0. The van der Waals surface area contributed by atoms with E-state index in [1.54, 1.807) is 18.2 Å². The van der Waals surface area contributed by atoms with Crippen LogP contribution >= 0.6 is 0 Å². The average Bonchev–Trinajstić information content (AvgIpc) is 2.40. The van der Waals surface area contributed by atoms with Crippen molar-refractivity contribution in [1.82, 2.24) is 0 Å². The van der Waals surface area contributed by atoms with Crippen LogP contribution in [0.4, 0.5) is 0 Å². The molecular weight excluding hydrogens is 256 g/mol. The van der Waals surface area contributed by atoms with E-state index in [0.717, 1.165) is 12.0 Å². The number of phenols is 1. The van der Waals surface area contributed by atoms with Crippen molar-refractivity contribution in [2.45, 2.75) is 39.7 Å². The Balaban J connectivity index is 2.65. The molecule has 1 atom stereocenters. The van der Waals surface area contributed by atoms with Crippen molar-refractivity contribution in [3.8, 4) is 5.75 Å². The molecule has 0 bridgehead atoms. The molecule has 0 fully saturated rings. The number of phenolic OH excluding ortho intramolecular Hbond substituents is 1. The van der Waals surface area contributed by atoms with Crippen LogP contribution in [0.3, 0.4) is 0 Å². The van der Waals surface area contributed by atoms with Gasteiger partial charge < -0.3 is 14.6 Å². The minimum absolute atomic E-state index is 0.187. The van der Waals surface area contributed by atoms with Crippen molar-refractivity contribution in [1.29, 1.82) is 0 Å². The fraction of sp³-hybridized carbons (Fsp3) is 0.562. The van der Waals surface area contributed by atoms with Gasteiger partial charge in [0.15, 0.2) is 6.10 Å². The summed E-state index contributed by atoms with van der Waals surface area (Å²) in [5.74, 6) is 0.148. The maximum atomic E-state index is 12.0. The van der Waals surface area contributed by atoms with Crippen LogP contribution < -0.4 is 0 Å². The third-order valence-corrected chi connectivity index (χ3v) is 2.68. The lowest BCUT2D eigenvalue weighted by atomic mass is 10.1. The van der Waals surface area contributed by atoms with Gasteiger partial charge in [-0.2, -0.15) is 0 Å². The number of hydrogen-bond acceptors (Lipinski definition) is 4. The number of hydrogen-bond donors (Lipinski definition) is 1. The van der Waals surface area contributed by atoms with E-state index in [2.05, 4.69) is 0 Å². The standard InChI is InChI=1S/C16H24O4/c1-4-8-19-15(16(18)20-11-12(2)3)10-13-6-5-7-14(17)9-13/h5-7,9,12,15,17H,4,8,10-11H2,1-3H3. The average molecular weight is 280 g/mol. The lowest BCUT2D eigenvalue weighted by Gasteiger charge is -2.17. The molecule has 0 aliphatic carbocycles. The van der Waals surface area contributed by atoms with Gasteiger partial charge in [-0.1, -0.05) is 32.9 Å². The number of esters is 1. The summed E-state index contributed by atoms with van der Waals surface area (Å²) in [7, 11) is 0. The zero-order valence-electron chi connectivity index (χ0n) is 12.5. The number of carbonyl (C=O) groups excluding carboxylic acids is 1. The summed E-state index contributed by atoms with van der Waals surface area (Å²) in [6, 6.07) is 6.85. The summed E-state index contributed by atoms with van der Waals surface area (Å²) in [6.07, 6.45) is 0.634. The van der Waals surface area contributed by atoms with Crippen LogP contribution in [0.15, 0.2) is 24.3 Å². The van der Waals surface area contributed by atoms with Gasteiger partial charge in [0.1, 0.15) is 5.75 Å². The predicted molar refractivity (Wildman–Crippen MR) is 77.6 cm³/mol. The second-order valence-corrected chi connectivity index (χ2v) is 5.26. The van der Waals surface area contributed by atoms with Gasteiger partial charge in [-0.25, -0.2) is 4.79 Å². The summed E-state index contributed by atoms with van der Waals surface area (Å²) >= 11 is 0. The molecule has 0 aliphatic rings. The molecule has 20 heavy (non-hydrogen) atoms. The Morgan fingerprint density at radius 3 is 2.70 bits per heavy atom. The molecule has 0 saturated carbocycles. The number of aromatic hydroxyl groups is 1. The topological polar surface area (TPSA) is 55.8 Å². The Bertz CT molecular complexity index is 415. The quantitative estimate of drug-likeness (QED) is 0.744. The van der Waals surface area contributed by atoms with Crippen molar-refractivity contribution in [3.05, 3.63) is 29.8 Å². The minimum Gasteiger partial charge on any atom is -0.508 e. The highest BCUT2D eigenvalue weighted by molar-refractivity contribution is 5.75. The first kappa shape index (κ1) is 16.5. The number of ether oxygens (including phenoxy) is 2. The first-order valence-corrected chi connectivity index (χ1v) is 7.09. The normalized spacial score (nSPS) is 12.4. The van der Waals surface area contributed by atoms with Crippen LogP contribution in [0.2, 0.25) is 0 Å². The van der Waals surface area contributed by atoms with Gasteiger partial charge in [0.25, 0.3) is 0 Å². The van der Waals surface area contributed by atoms with Crippen LogP contribution in [0.25, 0.3) is 0 Å². The molecule has 4 heteroatoms. The highest BCUT2D eigenvalue weighted by Crippen LogP contribution is 2.15. The Labute approximate surface area is 120 Å². The smallest absolute Gasteiger partial charge is 0.335 e. The van der Waals surface area contributed by atoms with Gasteiger partial charge in [0, 0.05) is 13.0 Å². The van der Waals surface area contributed by atoms with E-state index in [4.69, 9.17) is 9.47 Å². The maximum Gasteiger partial charge on any atom is 0.335 e. The summed E-state index contributed by atoms with van der Waals surface area (Å²) in [5, 5.41) is 9.46. The molecular formula is C16H24O4. The van der Waals surface area contributed by atoms with Gasteiger partial charge in [0.05, 0.1) is 6.61 Å². The van der Waals surface area contributed by atoms with Gasteiger partial charge in [-0.3, -0.25) is 0 Å². The second-order valence-electron chi connectivity index (χ2n) is 5.26. The first-order chi connectivity index (χ1) is 9.52. The van der Waals surface area contributed by atoms with Crippen molar-refractivity contribution in [2.24, 2.45) is 5.92 Å². The molecule has 1 aromatic carbocycles. The molecule has 0 saturated heterocycles. The van der Waals surface area contributed by atoms with Crippen molar-refractivity contribution in [3.63, 3.8) is 0 Å². The molecule has 1 aromatic rings. The highest BCUT2D eigenvalue weighted by Gasteiger charge is 2.21. The summed E-state index contributed by atoms with van der Waals surface area (Å²) in [5.41, 5.74) is 0.854. The number of benzene rings is 1. The molecule has 0 aliphatic heterocycles. The van der Waals surface area contributed by atoms with Crippen molar-refractivity contribution < 1.29 is 19.4 Å². The Hall–Kier alpha value is -1.55. The lowest BCUT2D eigenvalue weighted by Crippen LogP contribution is -2.30. The second kappa shape index (κ2) is 8.59. The largest absolute Gasteiger partial charge is 0.508 e. The molecule has 4 nitrogen and oxygen atoms in total. The monoisotopic (exact) mass is 280 g/mol. The van der Waals surface area contributed by atoms with Gasteiger partial charge >= 0.3 is 5.97 Å². The molecule has 112 valence electrons. The highest BCUT2D eigenvalue weighted by atomic mass is 16.6. The zero-order valence-corrected chi connectivity index (χ0v) is 12.5. The molecule has 0 heterocycles. The Kier molecular flexibility index (Phi) is 7.09. The molecule has 1 N–H and O–H groups in total. The zero-order chi connectivity index (χ0) is 15.0. The van der Waals surface area contributed by atoms with E-state index >= 15 is 0 Å². The fourth-order valence-corrected chi connectivity index (χ4v) is 1.71. The van der Waals surface area contributed by atoms with Crippen molar-refractivity contribution >= 4 is 5.97 Å². The van der Waals surface area contributed by atoms with Crippen molar-refractivity contribution in [2.75, 3.05) is 13.2 Å². The van der Waals surface area contributed by atoms with E-state index < -0.39 is 6.10 Å². The van der Waals surface area contributed by atoms with Gasteiger partial charge in [0.2, 0.25) is 0 Å². The van der Waals surface area contributed by atoms with Crippen LogP contribution in [-0.4, -0.2) is 30.4 Å². The predicted octanol–water partition coefficient (Wildman–Crippen LogP) is 2.93. The third kappa shape index (κ3) is 6.06. The number of rotatable bonds is 8. The van der Waals surface area contributed by atoms with Gasteiger partial charge in [-0.05, 0) is 30.0 Å². The van der Waals surface area contributed by atoms with Crippen LogP contribution in [0.5, 0.6) is 5.75 Å².